The minimum Gasteiger partial charge on any atom is -0.237 e. The quantitative estimate of drug-likeness (QED) is 0.494. The Bertz CT molecular complexity index is 1200. The Morgan fingerprint density at radius 2 is 1.79 bits per heavy atom. The lowest BCUT2D eigenvalue weighted by atomic mass is 9.80. The summed E-state index contributed by atoms with van der Waals surface area (Å²) in [4.78, 5) is 9.40. The van der Waals surface area contributed by atoms with Gasteiger partial charge in [-0.3, -0.25) is 0 Å². The average molecular weight is 391 g/mol. The molecule has 6 heteroatoms. The molecule has 0 amide bonds. The van der Waals surface area contributed by atoms with Gasteiger partial charge in [-0.25, -0.2) is 19.0 Å². The van der Waals surface area contributed by atoms with Crippen LogP contribution in [0.15, 0.2) is 24.5 Å². The molecule has 0 aromatic carbocycles. The third-order valence-corrected chi connectivity index (χ3v) is 5.84. The second-order valence-corrected chi connectivity index (χ2v) is 9.01. The van der Waals surface area contributed by atoms with Crippen molar-refractivity contribution in [3.8, 4) is 0 Å². The number of hydrogen-bond donors (Lipinski definition) is 0. The van der Waals surface area contributed by atoms with Crippen LogP contribution >= 0.6 is 0 Å². The molecule has 29 heavy (non-hydrogen) atoms. The lowest BCUT2D eigenvalue weighted by Crippen LogP contribution is -2.20. The summed E-state index contributed by atoms with van der Waals surface area (Å²) < 4.78 is 3.93. The molecule has 4 heterocycles. The smallest absolute Gasteiger partial charge is 0.159 e. The van der Waals surface area contributed by atoms with Crippen molar-refractivity contribution in [3.63, 3.8) is 0 Å². The highest BCUT2D eigenvalue weighted by Crippen LogP contribution is 2.34. The molecule has 0 radical (unpaired) electrons. The molecule has 0 fully saturated rings. The van der Waals surface area contributed by atoms with Crippen LogP contribution in [0.4, 0.5) is 0 Å². The molecule has 0 aliphatic heterocycles. The molecule has 4 aromatic heterocycles. The van der Waals surface area contributed by atoms with Crippen LogP contribution in [0, 0.1) is 20.8 Å². The molecule has 0 aliphatic rings. The zero-order valence-corrected chi connectivity index (χ0v) is 18.5. The molecular weight excluding hydrogens is 360 g/mol. The number of rotatable bonds is 5. The van der Waals surface area contributed by atoms with Crippen molar-refractivity contribution in [2.75, 3.05) is 0 Å². The predicted octanol–water partition coefficient (Wildman–Crippen LogP) is 4.73. The Labute approximate surface area is 172 Å². The highest BCUT2D eigenvalue weighted by molar-refractivity contribution is 5.54. The molecule has 0 N–H and O–H groups in total. The van der Waals surface area contributed by atoms with E-state index >= 15 is 0 Å². The Morgan fingerprint density at radius 3 is 2.52 bits per heavy atom. The van der Waals surface area contributed by atoms with Crippen LogP contribution in [0.2, 0.25) is 0 Å². The summed E-state index contributed by atoms with van der Waals surface area (Å²) in [6, 6.07) is 4.08. The van der Waals surface area contributed by atoms with Gasteiger partial charge in [0.05, 0.1) is 11.4 Å². The van der Waals surface area contributed by atoms with Crippen LogP contribution in [0.1, 0.15) is 73.9 Å². The van der Waals surface area contributed by atoms with E-state index in [4.69, 9.17) is 10.1 Å². The lowest BCUT2D eigenvalue weighted by Gasteiger charge is -2.24. The van der Waals surface area contributed by atoms with Gasteiger partial charge in [-0.15, -0.1) is 0 Å². The van der Waals surface area contributed by atoms with Crippen molar-refractivity contribution in [2.24, 2.45) is 0 Å². The van der Waals surface area contributed by atoms with Gasteiger partial charge in [0.25, 0.3) is 0 Å². The minimum atomic E-state index is -0.0627. The molecule has 0 saturated carbocycles. The summed E-state index contributed by atoms with van der Waals surface area (Å²) in [5.74, 6) is 0.401. The van der Waals surface area contributed by atoms with E-state index in [1.54, 1.807) is 0 Å². The number of nitrogens with zero attached hydrogens (tertiary/aromatic N) is 6. The molecule has 152 valence electrons. The first-order chi connectivity index (χ1) is 13.7. The van der Waals surface area contributed by atoms with E-state index in [9.17, 15) is 0 Å². The van der Waals surface area contributed by atoms with Crippen molar-refractivity contribution >= 4 is 11.3 Å². The van der Waals surface area contributed by atoms with Crippen LogP contribution in [-0.2, 0) is 11.8 Å². The molecule has 0 spiro atoms. The van der Waals surface area contributed by atoms with Crippen LogP contribution in [0.5, 0.6) is 0 Å². The first kappa shape index (κ1) is 19.6. The van der Waals surface area contributed by atoms with E-state index in [0.29, 0.717) is 5.92 Å². The van der Waals surface area contributed by atoms with Gasteiger partial charge in [-0.1, -0.05) is 27.7 Å². The predicted molar refractivity (Wildman–Crippen MR) is 116 cm³/mol. The van der Waals surface area contributed by atoms with Gasteiger partial charge in [-0.05, 0) is 57.1 Å². The third kappa shape index (κ3) is 3.30. The summed E-state index contributed by atoms with van der Waals surface area (Å²) in [5.41, 5.74) is 8.72. The monoisotopic (exact) mass is 390 g/mol. The molecule has 4 aromatic rings. The lowest BCUT2D eigenvalue weighted by molar-refractivity contribution is 0.474. The van der Waals surface area contributed by atoms with Crippen molar-refractivity contribution in [3.05, 3.63) is 58.4 Å². The summed E-state index contributed by atoms with van der Waals surface area (Å²) >= 11 is 0. The molecule has 6 nitrogen and oxygen atoms in total. The second kappa shape index (κ2) is 6.94. The maximum absolute atomic E-state index is 4.83. The van der Waals surface area contributed by atoms with Crippen LogP contribution in [0.25, 0.3) is 11.3 Å². The van der Waals surface area contributed by atoms with E-state index in [1.165, 1.54) is 16.8 Å². The molecule has 0 unspecified atom stereocenters. The fourth-order valence-corrected chi connectivity index (χ4v) is 4.55. The van der Waals surface area contributed by atoms with Crippen LogP contribution in [-0.4, -0.2) is 29.2 Å². The number of hydrogen-bond acceptors (Lipinski definition) is 4. The second-order valence-electron chi connectivity index (χ2n) is 9.01. The third-order valence-electron chi connectivity index (χ3n) is 5.84. The van der Waals surface area contributed by atoms with Crippen molar-refractivity contribution < 1.29 is 0 Å². The number of aryl methyl sites for hydroxylation is 4. The van der Waals surface area contributed by atoms with E-state index in [2.05, 4.69) is 69.1 Å². The maximum atomic E-state index is 4.83. The average Bonchev–Trinajstić information content (AvgIpc) is 3.15. The topological polar surface area (TPSA) is 60.4 Å². The van der Waals surface area contributed by atoms with Crippen molar-refractivity contribution in [1.82, 2.24) is 29.2 Å². The SMILES string of the molecule is Cc1cc(CCC(C)(C)c2c(C)nn3cccnc23)n2nc(C)c(C(C)C)c2n1. The number of fused-ring (bicyclic) bond motifs is 2. The van der Waals surface area contributed by atoms with E-state index in [0.717, 1.165) is 41.2 Å². The molecule has 0 bridgehead atoms. The Hall–Kier alpha value is -2.76. The van der Waals surface area contributed by atoms with Gasteiger partial charge < -0.3 is 0 Å². The highest BCUT2D eigenvalue weighted by Gasteiger charge is 2.28. The summed E-state index contributed by atoms with van der Waals surface area (Å²) in [6.45, 7) is 15.2. The molecule has 0 saturated heterocycles. The maximum Gasteiger partial charge on any atom is 0.159 e. The molecular formula is C23H30N6. The minimum absolute atomic E-state index is 0.0627. The standard InChI is InChI=1S/C23H30N6/c1-14(2)19-16(4)27-29-18(13-15(3)25-21(19)29)9-10-23(6,7)20-17(5)26-28-12-8-11-24-22(20)28/h8,11-14H,9-10H2,1-7H3. The Morgan fingerprint density at radius 1 is 1.03 bits per heavy atom. The van der Waals surface area contributed by atoms with Gasteiger partial charge in [0.15, 0.2) is 11.3 Å². The van der Waals surface area contributed by atoms with Gasteiger partial charge in [0, 0.05) is 34.9 Å². The zero-order valence-electron chi connectivity index (χ0n) is 18.5. The fraction of sp³-hybridized carbons (Fsp3) is 0.478. The van der Waals surface area contributed by atoms with Crippen molar-refractivity contribution in [1.29, 1.82) is 0 Å². The first-order valence-corrected chi connectivity index (χ1v) is 10.3. The van der Waals surface area contributed by atoms with Crippen LogP contribution in [0.3, 0.4) is 0 Å². The van der Waals surface area contributed by atoms with Gasteiger partial charge >= 0.3 is 0 Å². The largest absolute Gasteiger partial charge is 0.237 e. The molecule has 0 atom stereocenters. The van der Waals surface area contributed by atoms with Gasteiger partial charge in [0.2, 0.25) is 0 Å². The summed E-state index contributed by atoms with van der Waals surface area (Å²) in [6.07, 6.45) is 5.69. The fourth-order valence-electron chi connectivity index (χ4n) is 4.55. The zero-order chi connectivity index (χ0) is 20.9. The Kier molecular flexibility index (Phi) is 4.68. The summed E-state index contributed by atoms with van der Waals surface area (Å²) in [7, 11) is 0. The first-order valence-electron chi connectivity index (χ1n) is 10.3. The molecule has 4 rings (SSSR count). The normalized spacial score (nSPS) is 12.6. The van der Waals surface area contributed by atoms with Gasteiger partial charge in [-0.2, -0.15) is 10.2 Å². The van der Waals surface area contributed by atoms with Crippen LogP contribution < -0.4 is 0 Å². The number of aromatic nitrogens is 6. The van der Waals surface area contributed by atoms with E-state index in [-0.39, 0.29) is 5.41 Å². The van der Waals surface area contributed by atoms with E-state index in [1.807, 2.05) is 23.0 Å². The van der Waals surface area contributed by atoms with Gasteiger partial charge in [0.1, 0.15) is 0 Å². The Balaban J connectivity index is 1.72. The highest BCUT2D eigenvalue weighted by atomic mass is 15.3. The van der Waals surface area contributed by atoms with E-state index < -0.39 is 0 Å². The van der Waals surface area contributed by atoms with Crippen molar-refractivity contribution in [2.45, 2.75) is 72.6 Å². The summed E-state index contributed by atoms with van der Waals surface area (Å²) in [5, 5.41) is 9.49. The molecule has 0 aliphatic carbocycles.